The highest BCUT2D eigenvalue weighted by Crippen LogP contribution is 2.22. The van der Waals surface area contributed by atoms with Gasteiger partial charge in [-0.15, -0.1) is 0 Å². The second kappa shape index (κ2) is 4.98. The van der Waals surface area contributed by atoms with E-state index in [1.807, 2.05) is 13.0 Å². The van der Waals surface area contributed by atoms with E-state index < -0.39 is 0 Å². The lowest BCUT2D eigenvalue weighted by atomic mass is 10.0. The second-order valence-corrected chi connectivity index (χ2v) is 4.42. The lowest BCUT2D eigenvalue weighted by Gasteiger charge is -2.20. The standard InChI is InChI=1S/C13H17FN2/c1-8(2)10(4)16-13-6-11(7-15)5-12(14)9(13)3/h5-6,8,10,16H,1-4H3. The minimum Gasteiger partial charge on any atom is -0.382 e. The zero-order chi connectivity index (χ0) is 12.3. The number of hydrogen-bond donors (Lipinski definition) is 1. The summed E-state index contributed by atoms with van der Waals surface area (Å²) >= 11 is 0. The summed E-state index contributed by atoms with van der Waals surface area (Å²) in [6, 6.07) is 5.16. The molecule has 1 aromatic carbocycles. The minimum atomic E-state index is -0.336. The molecule has 0 heterocycles. The van der Waals surface area contributed by atoms with E-state index in [4.69, 9.17) is 5.26 Å². The van der Waals surface area contributed by atoms with Crippen LogP contribution >= 0.6 is 0 Å². The Balaban J connectivity index is 3.04. The molecule has 0 amide bonds. The van der Waals surface area contributed by atoms with E-state index in [1.54, 1.807) is 13.0 Å². The van der Waals surface area contributed by atoms with Crippen LogP contribution in [0.5, 0.6) is 0 Å². The summed E-state index contributed by atoms with van der Waals surface area (Å²) in [5.74, 6) is 0.116. The van der Waals surface area contributed by atoms with Gasteiger partial charge in [-0.1, -0.05) is 13.8 Å². The highest BCUT2D eigenvalue weighted by molar-refractivity contribution is 5.56. The van der Waals surface area contributed by atoms with Crippen molar-refractivity contribution in [1.29, 1.82) is 5.26 Å². The molecule has 1 unspecified atom stereocenters. The Morgan fingerprint density at radius 2 is 1.94 bits per heavy atom. The van der Waals surface area contributed by atoms with Gasteiger partial charge in [-0.05, 0) is 31.9 Å². The maximum absolute atomic E-state index is 13.5. The van der Waals surface area contributed by atoms with Crippen LogP contribution in [0.25, 0.3) is 0 Å². The van der Waals surface area contributed by atoms with Gasteiger partial charge in [0.15, 0.2) is 0 Å². The van der Waals surface area contributed by atoms with Gasteiger partial charge in [-0.25, -0.2) is 4.39 Å². The number of benzene rings is 1. The zero-order valence-corrected chi connectivity index (χ0v) is 10.1. The number of halogens is 1. The predicted molar refractivity (Wildman–Crippen MR) is 63.8 cm³/mol. The van der Waals surface area contributed by atoms with E-state index in [0.29, 0.717) is 22.7 Å². The van der Waals surface area contributed by atoms with Crippen molar-refractivity contribution in [2.45, 2.75) is 33.7 Å². The maximum Gasteiger partial charge on any atom is 0.129 e. The molecule has 0 aliphatic heterocycles. The number of nitrogens with zero attached hydrogens (tertiary/aromatic N) is 1. The van der Waals surface area contributed by atoms with Crippen LogP contribution in [0.15, 0.2) is 12.1 Å². The van der Waals surface area contributed by atoms with E-state index in [2.05, 4.69) is 19.2 Å². The third-order valence-corrected chi connectivity index (χ3v) is 2.86. The zero-order valence-electron chi connectivity index (χ0n) is 10.1. The van der Waals surface area contributed by atoms with Gasteiger partial charge in [-0.2, -0.15) is 5.26 Å². The molecule has 0 spiro atoms. The third kappa shape index (κ3) is 2.73. The Kier molecular flexibility index (Phi) is 3.89. The Morgan fingerprint density at radius 3 is 2.44 bits per heavy atom. The van der Waals surface area contributed by atoms with Crippen molar-refractivity contribution in [3.05, 3.63) is 29.1 Å². The molecular formula is C13H17FN2. The topological polar surface area (TPSA) is 35.8 Å². The van der Waals surface area contributed by atoms with Gasteiger partial charge < -0.3 is 5.32 Å². The molecule has 1 atom stereocenters. The lowest BCUT2D eigenvalue weighted by molar-refractivity contribution is 0.558. The number of hydrogen-bond acceptors (Lipinski definition) is 2. The molecule has 0 aliphatic carbocycles. The largest absolute Gasteiger partial charge is 0.382 e. The smallest absolute Gasteiger partial charge is 0.129 e. The Hall–Kier alpha value is -1.56. The van der Waals surface area contributed by atoms with E-state index in [0.717, 1.165) is 0 Å². The molecule has 0 radical (unpaired) electrons. The van der Waals surface area contributed by atoms with Crippen LogP contribution in [0.4, 0.5) is 10.1 Å². The molecule has 0 aromatic heterocycles. The molecule has 0 bridgehead atoms. The average molecular weight is 220 g/mol. The number of anilines is 1. The molecule has 1 aromatic rings. The van der Waals surface area contributed by atoms with Crippen LogP contribution in [0.1, 0.15) is 31.9 Å². The highest BCUT2D eigenvalue weighted by atomic mass is 19.1. The molecule has 86 valence electrons. The fourth-order valence-corrected chi connectivity index (χ4v) is 1.31. The van der Waals surface area contributed by atoms with E-state index >= 15 is 0 Å². The van der Waals surface area contributed by atoms with Crippen molar-refractivity contribution in [1.82, 2.24) is 0 Å². The summed E-state index contributed by atoms with van der Waals surface area (Å²) in [6.45, 7) is 7.95. The predicted octanol–water partition coefficient (Wildman–Crippen LogP) is 3.46. The molecular weight excluding hydrogens is 203 g/mol. The molecule has 0 saturated carbocycles. The van der Waals surface area contributed by atoms with Gasteiger partial charge in [0.25, 0.3) is 0 Å². The van der Waals surface area contributed by atoms with Crippen molar-refractivity contribution < 1.29 is 4.39 Å². The van der Waals surface area contributed by atoms with Crippen molar-refractivity contribution in [3.8, 4) is 6.07 Å². The number of nitriles is 1. The van der Waals surface area contributed by atoms with Crippen LogP contribution < -0.4 is 5.32 Å². The molecule has 1 rings (SSSR count). The Labute approximate surface area is 96.1 Å². The first-order chi connectivity index (χ1) is 7.45. The summed E-state index contributed by atoms with van der Waals surface area (Å²) in [5.41, 5.74) is 1.62. The number of nitrogens with one attached hydrogen (secondary N) is 1. The molecule has 0 fully saturated rings. The first-order valence-electron chi connectivity index (χ1n) is 5.42. The normalized spacial score (nSPS) is 12.3. The van der Waals surface area contributed by atoms with Gasteiger partial charge in [0.05, 0.1) is 11.6 Å². The first kappa shape index (κ1) is 12.5. The Morgan fingerprint density at radius 1 is 1.31 bits per heavy atom. The van der Waals surface area contributed by atoms with Crippen LogP contribution in [-0.2, 0) is 0 Å². The molecule has 0 aliphatic rings. The van der Waals surface area contributed by atoms with Crippen LogP contribution in [0.2, 0.25) is 0 Å². The van der Waals surface area contributed by atoms with Gasteiger partial charge in [0, 0.05) is 17.3 Å². The van der Waals surface area contributed by atoms with Gasteiger partial charge in [0.2, 0.25) is 0 Å². The fraction of sp³-hybridized carbons (Fsp3) is 0.462. The lowest BCUT2D eigenvalue weighted by Crippen LogP contribution is -2.22. The molecule has 16 heavy (non-hydrogen) atoms. The van der Waals surface area contributed by atoms with Crippen LogP contribution in [0, 0.1) is 30.0 Å². The first-order valence-corrected chi connectivity index (χ1v) is 5.42. The molecule has 2 nitrogen and oxygen atoms in total. The van der Waals surface area contributed by atoms with Crippen LogP contribution in [-0.4, -0.2) is 6.04 Å². The number of rotatable bonds is 3. The van der Waals surface area contributed by atoms with E-state index in [9.17, 15) is 4.39 Å². The third-order valence-electron chi connectivity index (χ3n) is 2.86. The van der Waals surface area contributed by atoms with Crippen molar-refractivity contribution in [2.75, 3.05) is 5.32 Å². The maximum atomic E-state index is 13.5. The molecule has 0 saturated heterocycles. The summed E-state index contributed by atoms with van der Waals surface area (Å²) in [7, 11) is 0. The van der Waals surface area contributed by atoms with Gasteiger partial charge in [0.1, 0.15) is 5.82 Å². The van der Waals surface area contributed by atoms with E-state index in [1.165, 1.54) is 6.07 Å². The second-order valence-electron chi connectivity index (χ2n) is 4.42. The summed E-state index contributed by atoms with van der Waals surface area (Å²) < 4.78 is 13.5. The van der Waals surface area contributed by atoms with Crippen molar-refractivity contribution >= 4 is 5.69 Å². The van der Waals surface area contributed by atoms with Crippen molar-refractivity contribution in [3.63, 3.8) is 0 Å². The minimum absolute atomic E-state index is 0.243. The average Bonchev–Trinajstić information content (AvgIpc) is 2.24. The molecule has 1 N–H and O–H groups in total. The quantitative estimate of drug-likeness (QED) is 0.846. The van der Waals surface area contributed by atoms with E-state index in [-0.39, 0.29) is 11.9 Å². The summed E-state index contributed by atoms with van der Waals surface area (Å²) in [4.78, 5) is 0. The molecule has 3 heteroatoms. The SMILES string of the molecule is Cc1c(F)cc(C#N)cc1NC(C)C(C)C. The summed E-state index contributed by atoms with van der Waals surface area (Å²) in [6.07, 6.45) is 0. The summed E-state index contributed by atoms with van der Waals surface area (Å²) in [5, 5.41) is 12.0. The van der Waals surface area contributed by atoms with Crippen molar-refractivity contribution in [2.24, 2.45) is 5.92 Å². The van der Waals surface area contributed by atoms with Crippen LogP contribution in [0.3, 0.4) is 0 Å². The Bertz CT molecular complexity index is 419. The highest BCUT2D eigenvalue weighted by Gasteiger charge is 2.11. The monoisotopic (exact) mass is 220 g/mol. The van der Waals surface area contributed by atoms with Gasteiger partial charge >= 0.3 is 0 Å². The fourth-order valence-electron chi connectivity index (χ4n) is 1.31. The van der Waals surface area contributed by atoms with Gasteiger partial charge in [-0.3, -0.25) is 0 Å².